The summed E-state index contributed by atoms with van der Waals surface area (Å²) in [5.74, 6) is -1.23. The van der Waals surface area contributed by atoms with Crippen molar-refractivity contribution in [3.63, 3.8) is 0 Å². The highest BCUT2D eigenvalue weighted by atomic mass is 16.5. The number of ketones is 1. The third-order valence-electron chi connectivity index (χ3n) is 6.58. The Morgan fingerprint density at radius 1 is 0.619 bits per heavy atom. The molecular weight excluding hydrogens is 532 g/mol. The SMILES string of the molecule is COCc1ccccc1C(=O)NCc1cccc(CNC(=O)c2ccccc2COC(=O)c2cccc(C(C)=O)c2)c1. The number of amides is 2. The zero-order chi connectivity index (χ0) is 29.9. The highest BCUT2D eigenvalue weighted by Crippen LogP contribution is 2.15. The van der Waals surface area contributed by atoms with Gasteiger partial charge in [-0.1, -0.05) is 72.8 Å². The lowest BCUT2D eigenvalue weighted by molar-refractivity contribution is 0.0470. The van der Waals surface area contributed by atoms with Crippen LogP contribution in [0.1, 0.15) is 70.6 Å². The van der Waals surface area contributed by atoms with Crippen LogP contribution < -0.4 is 10.6 Å². The Kier molecular flexibility index (Phi) is 10.3. The lowest BCUT2D eigenvalue weighted by atomic mass is 10.1. The largest absolute Gasteiger partial charge is 0.457 e. The van der Waals surface area contributed by atoms with Crippen LogP contribution in [0.4, 0.5) is 0 Å². The second kappa shape index (κ2) is 14.5. The number of hydrogen-bond acceptors (Lipinski definition) is 6. The number of Topliss-reactive ketones (excluding diaryl/α,β-unsaturated/α-hetero) is 1. The molecule has 0 atom stereocenters. The van der Waals surface area contributed by atoms with Gasteiger partial charge < -0.3 is 20.1 Å². The molecular formula is C34H32N2O6. The molecule has 0 spiro atoms. The number of nitrogens with one attached hydrogen (secondary N) is 2. The highest BCUT2D eigenvalue weighted by Gasteiger charge is 2.15. The van der Waals surface area contributed by atoms with Gasteiger partial charge in [0.1, 0.15) is 6.61 Å². The minimum atomic E-state index is -0.584. The van der Waals surface area contributed by atoms with E-state index in [1.54, 1.807) is 55.6 Å². The molecule has 4 aromatic carbocycles. The molecule has 0 radical (unpaired) electrons. The van der Waals surface area contributed by atoms with Crippen molar-refractivity contribution in [1.29, 1.82) is 0 Å². The fraction of sp³-hybridized carbons (Fsp3) is 0.176. The standard InChI is InChI=1S/C34H32N2O6/c1-23(37)26-13-8-14-27(18-26)34(40)42-22-29-12-4-6-16-31(29)33(39)36-20-25-10-7-9-24(17-25)19-35-32(38)30-15-5-3-11-28(30)21-41-2/h3-18H,19-22H2,1-2H3,(H,35,38)(H,36,39). The van der Waals surface area contributed by atoms with Crippen LogP contribution in [0.15, 0.2) is 97.1 Å². The van der Waals surface area contributed by atoms with Gasteiger partial charge in [-0.15, -0.1) is 0 Å². The molecule has 42 heavy (non-hydrogen) atoms. The molecule has 8 heteroatoms. The first-order valence-corrected chi connectivity index (χ1v) is 13.4. The van der Waals surface area contributed by atoms with Crippen LogP contribution >= 0.6 is 0 Å². The van der Waals surface area contributed by atoms with E-state index in [1.165, 1.54) is 13.0 Å². The Hall–Kier alpha value is -5.08. The Morgan fingerprint density at radius 3 is 1.71 bits per heavy atom. The van der Waals surface area contributed by atoms with Crippen molar-refractivity contribution >= 4 is 23.6 Å². The van der Waals surface area contributed by atoms with Crippen LogP contribution in [0, 0.1) is 0 Å². The summed E-state index contributed by atoms with van der Waals surface area (Å²) in [6.07, 6.45) is 0. The van der Waals surface area contributed by atoms with Crippen LogP contribution in [-0.2, 0) is 35.8 Å². The van der Waals surface area contributed by atoms with Gasteiger partial charge in [0.05, 0.1) is 12.2 Å². The second-order valence-corrected chi connectivity index (χ2v) is 9.65. The Balaban J connectivity index is 1.34. The third kappa shape index (κ3) is 7.99. The van der Waals surface area contributed by atoms with E-state index in [1.807, 2.05) is 42.5 Å². The predicted octanol–water partition coefficient (Wildman–Crippen LogP) is 5.25. The number of benzene rings is 4. The summed E-state index contributed by atoms with van der Waals surface area (Å²) in [7, 11) is 1.59. The van der Waals surface area contributed by atoms with E-state index < -0.39 is 5.97 Å². The van der Waals surface area contributed by atoms with Gasteiger partial charge in [0.15, 0.2) is 5.78 Å². The summed E-state index contributed by atoms with van der Waals surface area (Å²) in [6, 6.07) is 28.1. The van der Waals surface area contributed by atoms with Crippen molar-refractivity contribution in [2.45, 2.75) is 33.2 Å². The van der Waals surface area contributed by atoms with Gasteiger partial charge >= 0.3 is 5.97 Å². The molecule has 2 amide bonds. The highest BCUT2D eigenvalue weighted by molar-refractivity contribution is 5.98. The number of ether oxygens (including phenoxy) is 2. The lowest BCUT2D eigenvalue weighted by Crippen LogP contribution is -2.25. The normalized spacial score (nSPS) is 10.5. The van der Waals surface area contributed by atoms with Crippen molar-refractivity contribution in [2.75, 3.05) is 7.11 Å². The first-order chi connectivity index (χ1) is 20.4. The first kappa shape index (κ1) is 29.9. The van der Waals surface area contributed by atoms with Gasteiger partial charge in [-0.2, -0.15) is 0 Å². The van der Waals surface area contributed by atoms with E-state index in [0.29, 0.717) is 35.4 Å². The molecule has 8 nitrogen and oxygen atoms in total. The number of hydrogen-bond donors (Lipinski definition) is 2. The molecule has 0 heterocycles. The van der Waals surface area contributed by atoms with Crippen molar-refractivity contribution in [3.05, 3.63) is 142 Å². The first-order valence-electron chi connectivity index (χ1n) is 13.4. The quantitative estimate of drug-likeness (QED) is 0.180. The molecule has 0 aliphatic carbocycles. The maximum Gasteiger partial charge on any atom is 0.338 e. The molecule has 0 bridgehead atoms. The number of carbonyl (C=O) groups excluding carboxylic acids is 4. The average Bonchev–Trinajstić information content (AvgIpc) is 3.02. The van der Waals surface area contributed by atoms with E-state index in [9.17, 15) is 19.2 Å². The maximum absolute atomic E-state index is 13.1. The van der Waals surface area contributed by atoms with Gasteiger partial charge in [-0.05, 0) is 47.9 Å². The molecule has 0 aliphatic rings. The molecule has 0 unspecified atom stereocenters. The number of rotatable bonds is 12. The fourth-order valence-electron chi connectivity index (χ4n) is 4.39. The maximum atomic E-state index is 13.1. The minimum Gasteiger partial charge on any atom is -0.457 e. The van der Waals surface area contributed by atoms with Crippen molar-refractivity contribution in [1.82, 2.24) is 10.6 Å². The van der Waals surface area contributed by atoms with Crippen LogP contribution in [0.25, 0.3) is 0 Å². The van der Waals surface area contributed by atoms with E-state index >= 15 is 0 Å². The molecule has 0 saturated heterocycles. The second-order valence-electron chi connectivity index (χ2n) is 9.65. The van der Waals surface area contributed by atoms with Crippen LogP contribution in [0.2, 0.25) is 0 Å². The molecule has 4 aromatic rings. The van der Waals surface area contributed by atoms with E-state index in [2.05, 4.69) is 10.6 Å². The monoisotopic (exact) mass is 564 g/mol. The summed E-state index contributed by atoms with van der Waals surface area (Å²) < 4.78 is 10.6. The van der Waals surface area contributed by atoms with Crippen LogP contribution in [0.3, 0.4) is 0 Å². The van der Waals surface area contributed by atoms with E-state index in [-0.39, 0.29) is 36.3 Å². The van der Waals surface area contributed by atoms with Gasteiger partial charge in [-0.25, -0.2) is 4.79 Å². The zero-order valence-corrected chi connectivity index (χ0v) is 23.5. The molecule has 0 aliphatic heterocycles. The summed E-state index contributed by atoms with van der Waals surface area (Å²) in [6.45, 7) is 2.27. The molecule has 214 valence electrons. The molecule has 0 aromatic heterocycles. The van der Waals surface area contributed by atoms with Gasteiger partial charge in [0.25, 0.3) is 11.8 Å². The minimum absolute atomic E-state index is 0.102. The van der Waals surface area contributed by atoms with Crippen molar-refractivity contribution in [2.24, 2.45) is 0 Å². The van der Waals surface area contributed by atoms with Gasteiger partial charge in [0, 0.05) is 42.5 Å². The third-order valence-corrected chi connectivity index (χ3v) is 6.58. The van der Waals surface area contributed by atoms with E-state index in [0.717, 1.165) is 16.7 Å². The summed E-state index contributed by atoms with van der Waals surface area (Å²) in [4.78, 5) is 50.0. The molecule has 2 N–H and O–H groups in total. The smallest absolute Gasteiger partial charge is 0.338 e. The molecule has 0 saturated carbocycles. The number of esters is 1. The lowest BCUT2D eigenvalue weighted by Gasteiger charge is -2.12. The van der Waals surface area contributed by atoms with Gasteiger partial charge in [-0.3, -0.25) is 14.4 Å². The van der Waals surface area contributed by atoms with Crippen LogP contribution in [0.5, 0.6) is 0 Å². The summed E-state index contributed by atoms with van der Waals surface area (Å²) in [5.41, 5.74) is 4.76. The van der Waals surface area contributed by atoms with Crippen molar-refractivity contribution < 1.29 is 28.7 Å². The fourth-order valence-corrected chi connectivity index (χ4v) is 4.39. The number of carbonyl (C=O) groups is 4. The average molecular weight is 565 g/mol. The van der Waals surface area contributed by atoms with Crippen LogP contribution in [-0.4, -0.2) is 30.7 Å². The molecule has 4 rings (SSSR count). The predicted molar refractivity (Wildman–Crippen MR) is 158 cm³/mol. The summed E-state index contributed by atoms with van der Waals surface area (Å²) in [5, 5.41) is 5.86. The summed E-state index contributed by atoms with van der Waals surface area (Å²) >= 11 is 0. The zero-order valence-electron chi connectivity index (χ0n) is 23.5. The van der Waals surface area contributed by atoms with E-state index in [4.69, 9.17) is 9.47 Å². The Bertz CT molecular complexity index is 1600. The Labute approximate surface area is 244 Å². The van der Waals surface area contributed by atoms with Gasteiger partial charge in [0.2, 0.25) is 0 Å². The number of methoxy groups -OCH3 is 1. The Morgan fingerprint density at radius 2 is 1.14 bits per heavy atom. The molecule has 0 fully saturated rings. The van der Waals surface area contributed by atoms with Crippen molar-refractivity contribution in [3.8, 4) is 0 Å². The topological polar surface area (TPSA) is 111 Å².